The Morgan fingerprint density at radius 1 is 1.18 bits per heavy atom. The van der Waals surface area contributed by atoms with Crippen LogP contribution in [0.5, 0.6) is 0 Å². The number of rotatable bonds is 2. The highest BCUT2D eigenvalue weighted by atomic mass is 35.5. The molecule has 118 valence electrons. The van der Waals surface area contributed by atoms with Crippen molar-refractivity contribution in [2.24, 2.45) is 11.8 Å². The molecular weight excluding hydrogens is 300 g/mol. The van der Waals surface area contributed by atoms with E-state index in [4.69, 9.17) is 11.6 Å². The summed E-state index contributed by atoms with van der Waals surface area (Å²) in [7, 11) is 0. The first-order chi connectivity index (χ1) is 10.5. The molecule has 22 heavy (non-hydrogen) atoms. The average molecular weight is 321 g/mol. The van der Waals surface area contributed by atoms with Crippen molar-refractivity contribution in [1.29, 1.82) is 0 Å². The molecule has 1 aromatic carbocycles. The Kier molecular flexibility index (Phi) is 4.39. The third-order valence-corrected chi connectivity index (χ3v) is 4.96. The lowest BCUT2D eigenvalue weighted by Gasteiger charge is -2.32. The van der Waals surface area contributed by atoms with Crippen LogP contribution in [0.4, 0.5) is 5.69 Å². The van der Waals surface area contributed by atoms with E-state index in [-0.39, 0.29) is 17.7 Å². The van der Waals surface area contributed by atoms with Crippen molar-refractivity contribution in [3.05, 3.63) is 29.3 Å². The van der Waals surface area contributed by atoms with Crippen molar-refractivity contribution >= 4 is 29.1 Å². The van der Waals surface area contributed by atoms with Gasteiger partial charge in [-0.2, -0.15) is 0 Å². The Hall–Kier alpha value is -1.55. The molecule has 3 rings (SSSR count). The second kappa shape index (κ2) is 6.29. The lowest BCUT2D eigenvalue weighted by Crippen LogP contribution is -2.42. The molecule has 2 amide bonds. The molecule has 0 bridgehead atoms. The fraction of sp³-hybridized carbons (Fsp3) is 0.529. The Balaban J connectivity index is 1.66. The molecule has 5 heteroatoms. The molecule has 2 fully saturated rings. The quantitative estimate of drug-likeness (QED) is 0.840. The summed E-state index contributed by atoms with van der Waals surface area (Å²) in [5, 5.41) is 0.644. The number of hydrogen-bond acceptors (Lipinski definition) is 2. The molecule has 0 aliphatic carbocycles. The van der Waals surface area contributed by atoms with Crippen LogP contribution >= 0.6 is 11.6 Å². The molecule has 0 N–H and O–H groups in total. The van der Waals surface area contributed by atoms with Crippen molar-refractivity contribution in [2.45, 2.75) is 26.2 Å². The van der Waals surface area contributed by atoms with Crippen LogP contribution in [0.2, 0.25) is 5.02 Å². The lowest BCUT2D eigenvalue weighted by atomic mass is 9.97. The summed E-state index contributed by atoms with van der Waals surface area (Å²) < 4.78 is 0. The predicted octanol–water partition coefficient (Wildman–Crippen LogP) is 2.95. The molecular formula is C17H21ClN2O2. The number of piperidine rings is 1. The zero-order chi connectivity index (χ0) is 15.7. The van der Waals surface area contributed by atoms with Crippen LogP contribution in [0, 0.1) is 11.8 Å². The van der Waals surface area contributed by atoms with Crippen molar-refractivity contribution in [3.63, 3.8) is 0 Å². The number of halogens is 1. The maximum Gasteiger partial charge on any atom is 0.228 e. The molecule has 0 aromatic heterocycles. The highest BCUT2D eigenvalue weighted by molar-refractivity contribution is 6.30. The minimum Gasteiger partial charge on any atom is -0.342 e. The fourth-order valence-corrected chi connectivity index (χ4v) is 3.36. The number of benzene rings is 1. The van der Waals surface area contributed by atoms with E-state index in [0.717, 1.165) is 31.6 Å². The molecule has 0 spiro atoms. The van der Waals surface area contributed by atoms with E-state index in [1.807, 2.05) is 17.0 Å². The van der Waals surface area contributed by atoms with E-state index in [0.29, 0.717) is 23.9 Å². The standard InChI is InChI=1S/C17H21ClN2O2/c1-12-6-8-19(9-7-12)17(22)13-10-16(21)20(11-13)15-4-2-14(18)3-5-15/h2-5,12-13H,6-11H2,1H3/t13-/m1/s1. The monoisotopic (exact) mass is 320 g/mol. The van der Waals surface area contributed by atoms with Crippen LogP contribution < -0.4 is 4.90 Å². The number of amides is 2. The van der Waals surface area contributed by atoms with Gasteiger partial charge in [0, 0.05) is 36.8 Å². The SMILES string of the molecule is CC1CCN(C(=O)[C@@H]2CC(=O)N(c3ccc(Cl)cc3)C2)CC1. The van der Waals surface area contributed by atoms with Gasteiger partial charge in [-0.15, -0.1) is 0 Å². The van der Waals surface area contributed by atoms with E-state index >= 15 is 0 Å². The first-order valence-corrected chi connectivity index (χ1v) is 8.27. The summed E-state index contributed by atoms with van der Waals surface area (Å²) in [4.78, 5) is 28.5. The first kappa shape index (κ1) is 15.3. The summed E-state index contributed by atoms with van der Waals surface area (Å²) >= 11 is 5.88. The summed E-state index contributed by atoms with van der Waals surface area (Å²) in [6.07, 6.45) is 2.44. The highest BCUT2D eigenvalue weighted by Gasteiger charge is 2.37. The molecule has 1 aromatic rings. The molecule has 2 aliphatic heterocycles. The third kappa shape index (κ3) is 3.12. The minimum atomic E-state index is -0.211. The Labute approximate surface area is 136 Å². The number of likely N-dealkylation sites (tertiary alicyclic amines) is 1. The van der Waals surface area contributed by atoms with Gasteiger partial charge >= 0.3 is 0 Å². The van der Waals surface area contributed by atoms with Gasteiger partial charge in [-0.05, 0) is 43.0 Å². The van der Waals surface area contributed by atoms with Gasteiger partial charge in [-0.3, -0.25) is 9.59 Å². The van der Waals surface area contributed by atoms with Crippen molar-refractivity contribution in [3.8, 4) is 0 Å². The van der Waals surface area contributed by atoms with E-state index in [9.17, 15) is 9.59 Å². The molecule has 0 radical (unpaired) electrons. The van der Waals surface area contributed by atoms with Crippen LogP contribution in [0.1, 0.15) is 26.2 Å². The van der Waals surface area contributed by atoms with E-state index in [2.05, 4.69) is 6.92 Å². The molecule has 0 unspecified atom stereocenters. The average Bonchev–Trinajstić information content (AvgIpc) is 2.90. The van der Waals surface area contributed by atoms with Crippen LogP contribution in [0.25, 0.3) is 0 Å². The van der Waals surface area contributed by atoms with Crippen molar-refractivity contribution in [2.75, 3.05) is 24.5 Å². The maximum absolute atomic E-state index is 12.6. The zero-order valence-corrected chi connectivity index (χ0v) is 13.6. The van der Waals surface area contributed by atoms with Gasteiger partial charge in [0.1, 0.15) is 0 Å². The number of carbonyl (C=O) groups is 2. The van der Waals surface area contributed by atoms with Gasteiger partial charge in [0.05, 0.1) is 5.92 Å². The van der Waals surface area contributed by atoms with E-state index in [1.54, 1.807) is 17.0 Å². The number of anilines is 1. The number of nitrogens with zero attached hydrogens (tertiary/aromatic N) is 2. The number of carbonyl (C=O) groups excluding carboxylic acids is 2. The highest BCUT2D eigenvalue weighted by Crippen LogP contribution is 2.28. The van der Waals surface area contributed by atoms with Crippen molar-refractivity contribution in [1.82, 2.24) is 4.90 Å². The van der Waals surface area contributed by atoms with E-state index < -0.39 is 0 Å². The topological polar surface area (TPSA) is 40.6 Å². The maximum atomic E-state index is 12.6. The largest absolute Gasteiger partial charge is 0.342 e. The van der Waals surface area contributed by atoms with Gasteiger partial charge in [-0.1, -0.05) is 18.5 Å². The van der Waals surface area contributed by atoms with E-state index in [1.165, 1.54) is 0 Å². The van der Waals surface area contributed by atoms with Crippen LogP contribution in [0.15, 0.2) is 24.3 Å². The molecule has 2 saturated heterocycles. The molecule has 4 nitrogen and oxygen atoms in total. The van der Waals surface area contributed by atoms with Crippen molar-refractivity contribution < 1.29 is 9.59 Å². The third-order valence-electron chi connectivity index (χ3n) is 4.71. The van der Waals surface area contributed by atoms with Gasteiger partial charge in [0.2, 0.25) is 11.8 Å². The smallest absolute Gasteiger partial charge is 0.228 e. The van der Waals surface area contributed by atoms with Crippen LogP contribution in [-0.2, 0) is 9.59 Å². The Morgan fingerprint density at radius 2 is 1.82 bits per heavy atom. The second-order valence-electron chi connectivity index (χ2n) is 6.39. The van der Waals surface area contributed by atoms with Gasteiger partial charge in [-0.25, -0.2) is 0 Å². The van der Waals surface area contributed by atoms with Crippen LogP contribution in [-0.4, -0.2) is 36.3 Å². The normalized spacial score (nSPS) is 23.2. The number of hydrogen-bond donors (Lipinski definition) is 0. The molecule has 0 saturated carbocycles. The second-order valence-corrected chi connectivity index (χ2v) is 6.83. The molecule has 2 heterocycles. The first-order valence-electron chi connectivity index (χ1n) is 7.89. The van der Waals surface area contributed by atoms with Crippen LogP contribution in [0.3, 0.4) is 0 Å². The predicted molar refractivity (Wildman–Crippen MR) is 86.9 cm³/mol. The molecule has 2 aliphatic rings. The molecule has 1 atom stereocenters. The zero-order valence-electron chi connectivity index (χ0n) is 12.8. The van der Waals surface area contributed by atoms with Gasteiger partial charge in [0.15, 0.2) is 0 Å². The summed E-state index contributed by atoms with van der Waals surface area (Å²) in [6, 6.07) is 7.20. The van der Waals surface area contributed by atoms with Gasteiger partial charge < -0.3 is 9.80 Å². The Morgan fingerprint density at radius 3 is 2.45 bits per heavy atom. The van der Waals surface area contributed by atoms with Gasteiger partial charge in [0.25, 0.3) is 0 Å². The summed E-state index contributed by atoms with van der Waals surface area (Å²) in [6.45, 7) is 4.35. The lowest BCUT2D eigenvalue weighted by molar-refractivity contribution is -0.137. The Bertz CT molecular complexity index is 565. The minimum absolute atomic E-state index is 0.0195. The fourth-order valence-electron chi connectivity index (χ4n) is 3.23. The summed E-state index contributed by atoms with van der Waals surface area (Å²) in [5.74, 6) is 0.638. The summed E-state index contributed by atoms with van der Waals surface area (Å²) in [5.41, 5.74) is 0.817.